The standard InChI is InChI=1S/C13H18N2O4/c1-3-19-11-8-9(13(17)18-2)4-5-10(11)15-12(16)6-7-14/h4-5,8H,3,6-7,14H2,1-2H3,(H,15,16). The zero-order valence-corrected chi connectivity index (χ0v) is 11.1. The van der Waals surface area contributed by atoms with E-state index in [2.05, 4.69) is 10.1 Å². The minimum absolute atomic E-state index is 0.200. The van der Waals surface area contributed by atoms with E-state index in [1.165, 1.54) is 13.2 Å². The number of carbonyl (C=O) groups is 2. The van der Waals surface area contributed by atoms with Crippen molar-refractivity contribution >= 4 is 17.6 Å². The van der Waals surface area contributed by atoms with Gasteiger partial charge in [-0.05, 0) is 25.1 Å². The highest BCUT2D eigenvalue weighted by atomic mass is 16.5. The quantitative estimate of drug-likeness (QED) is 0.754. The van der Waals surface area contributed by atoms with E-state index in [1.807, 2.05) is 6.92 Å². The Bertz CT molecular complexity index is 460. The van der Waals surface area contributed by atoms with Crippen molar-refractivity contribution in [3.05, 3.63) is 23.8 Å². The molecule has 1 rings (SSSR count). The lowest BCUT2D eigenvalue weighted by molar-refractivity contribution is -0.116. The summed E-state index contributed by atoms with van der Waals surface area (Å²) in [5.74, 6) is -0.231. The monoisotopic (exact) mass is 266 g/mol. The van der Waals surface area contributed by atoms with Gasteiger partial charge in [-0.25, -0.2) is 4.79 Å². The van der Waals surface area contributed by atoms with Crippen LogP contribution in [0.1, 0.15) is 23.7 Å². The van der Waals surface area contributed by atoms with Crippen molar-refractivity contribution in [2.24, 2.45) is 5.73 Å². The van der Waals surface area contributed by atoms with Crippen molar-refractivity contribution in [1.29, 1.82) is 0 Å². The number of carbonyl (C=O) groups excluding carboxylic acids is 2. The molecule has 1 aromatic rings. The number of nitrogens with two attached hydrogens (primary N) is 1. The van der Waals surface area contributed by atoms with Crippen LogP contribution < -0.4 is 15.8 Å². The number of amides is 1. The summed E-state index contributed by atoms with van der Waals surface area (Å²) in [6, 6.07) is 4.70. The molecule has 0 fully saturated rings. The average molecular weight is 266 g/mol. The number of nitrogens with one attached hydrogen (secondary N) is 1. The van der Waals surface area contributed by atoms with Crippen molar-refractivity contribution in [2.75, 3.05) is 25.6 Å². The van der Waals surface area contributed by atoms with Crippen LogP contribution in [0.25, 0.3) is 0 Å². The van der Waals surface area contributed by atoms with Crippen molar-refractivity contribution in [1.82, 2.24) is 0 Å². The van der Waals surface area contributed by atoms with Gasteiger partial charge in [0.15, 0.2) is 0 Å². The van der Waals surface area contributed by atoms with Crippen LogP contribution in [0.15, 0.2) is 18.2 Å². The normalized spacial score (nSPS) is 9.84. The Morgan fingerprint density at radius 2 is 2.11 bits per heavy atom. The van der Waals surface area contributed by atoms with E-state index < -0.39 is 5.97 Å². The molecule has 1 aromatic carbocycles. The van der Waals surface area contributed by atoms with E-state index in [0.717, 1.165) is 0 Å². The summed E-state index contributed by atoms with van der Waals surface area (Å²) < 4.78 is 10.0. The first-order valence-electron chi connectivity index (χ1n) is 5.97. The number of esters is 1. The van der Waals surface area contributed by atoms with Crippen LogP contribution in [0.5, 0.6) is 5.75 Å². The maximum Gasteiger partial charge on any atom is 0.337 e. The van der Waals surface area contributed by atoms with E-state index in [4.69, 9.17) is 10.5 Å². The van der Waals surface area contributed by atoms with Crippen LogP contribution in [0, 0.1) is 0 Å². The first kappa shape index (κ1) is 15.0. The molecule has 0 aliphatic carbocycles. The Kier molecular flexibility index (Phi) is 5.81. The summed E-state index contributed by atoms with van der Waals surface area (Å²) in [5.41, 5.74) is 6.18. The highest BCUT2D eigenvalue weighted by Crippen LogP contribution is 2.26. The Hall–Kier alpha value is -2.08. The molecule has 0 atom stereocenters. The second-order valence-corrected chi connectivity index (χ2v) is 3.72. The summed E-state index contributed by atoms with van der Waals surface area (Å²) in [5, 5.41) is 2.68. The van der Waals surface area contributed by atoms with Crippen LogP contribution in [-0.2, 0) is 9.53 Å². The van der Waals surface area contributed by atoms with Crippen LogP contribution in [-0.4, -0.2) is 32.1 Å². The SMILES string of the molecule is CCOc1cc(C(=O)OC)ccc1NC(=O)CCN. The lowest BCUT2D eigenvalue weighted by Gasteiger charge is -2.12. The summed E-state index contributed by atoms with van der Waals surface area (Å²) >= 11 is 0. The molecular weight excluding hydrogens is 248 g/mol. The van der Waals surface area contributed by atoms with Crippen LogP contribution >= 0.6 is 0 Å². The molecule has 0 bridgehead atoms. The van der Waals surface area contributed by atoms with Crippen molar-refractivity contribution < 1.29 is 19.1 Å². The third-order valence-corrected chi connectivity index (χ3v) is 2.35. The molecule has 0 saturated carbocycles. The number of methoxy groups -OCH3 is 1. The van der Waals surface area contributed by atoms with Gasteiger partial charge in [-0.2, -0.15) is 0 Å². The summed E-state index contributed by atoms with van der Waals surface area (Å²) in [6.07, 6.45) is 0.227. The molecule has 6 nitrogen and oxygen atoms in total. The summed E-state index contributed by atoms with van der Waals surface area (Å²) in [7, 11) is 1.31. The molecule has 19 heavy (non-hydrogen) atoms. The maximum atomic E-state index is 11.5. The predicted molar refractivity (Wildman–Crippen MR) is 71.3 cm³/mol. The van der Waals surface area contributed by atoms with Crippen molar-refractivity contribution in [3.8, 4) is 5.75 Å². The predicted octanol–water partition coefficient (Wildman–Crippen LogP) is 1.16. The topological polar surface area (TPSA) is 90.6 Å². The molecule has 104 valence electrons. The first-order valence-corrected chi connectivity index (χ1v) is 5.97. The fraction of sp³-hybridized carbons (Fsp3) is 0.385. The number of benzene rings is 1. The molecule has 1 amide bonds. The molecule has 0 aromatic heterocycles. The largest absolute Gasteiger partial charge is 0.492 e. The second kappa shape index (κ2) is 7.38. The summed E-state index contributed by atoms with van der Waals surface area (Å²) in [6.45, 7) is 2.51. The minimum Gasteiger partial charge on any atom is -0.492 e. The van der Waals surface area contributed by atoms with E-state index in [0.29, 0.717) is 23.6 Å². The Labute approximate surface area is 111 Å². The number of hydrogen-bond acceptors (Lipinski definition) is 5. The third kappa shape index (κ3) is 4.26. The zero-order valence-electron chi connectivity index (χ0n) is 11.1. The van der Waals surface area contributed by atoms with Gasteiger partial charge in [0.2, 0.25) is 5.91 Å². The second-order valence-electron chi connectivity index (χ2n) is 3.72. The molecule has 0 saturated heterocycles. The molecule has 0 radical (unpaired) electrons. The van der Waals surface area contributed by atoms with Gasteiger partial charge in [0.25, 0.3) is 0 Å². The van der Waals surface area contributed by atoms with Gasteiger partial charge in [0.05, 0.1) is 25.0 Å². The minimum atomic E-state index is -0.458. The molecule has 0 heterocycles. The zero-order chi connectivity index (χ0) is 14.3. The van der Waals surface area contributed by atoms with Gasteiger partial charge in [-0.3, -0.25) is 4.79 Å². The number of rotatable bonds is 6. The van der Waals surface area contributed by atoms with Gasteiger partial charge >= 0.3 is 5.97 Å². The lowest BCUT2D eigenvalue weighted by atomic mass is 10.2. The van der Waals surface area contributed by atoms with Gasteiger partial charge < -0.3 is 20.5 Å². The highest BCUT2D eigenvalue weighted by molar-refractivity contribution is 5.95. The fourth-order valence-electron chi connectivity index (χ4n) is 1.49. The van der Waals surface area contributed by atoms with Gasteiger partial charge in [0, 0.05) is 13.0 Å². The lowest BCUT2D eigenvalue weighted by Crippen LogP contribution is -2.17. The number of hydrogen-bond donors (Lipinski definition) is 2. The molecular formula is C13H18N2O4. The first-order chi connectivity index (χ1) is 9.12. The molecule has 3 N–H and O–H groups in total. The highest BCUT2D eigenvalue weighted by Gasteiger charge is 2.12. The molecule has 0 unspecified atom stereocenters. The molecule has 0 spiro atoms. The van der Waals surface area contributed by atoms with Crippen molar-refractivity contribution in [2.45, 2.75) is 13.3 Å². The third-order valence-electron chi connectivity index (χ3n) is 2.35. The molecule has 6 heteroatoms. The smallest absolute Gasteiger partial charge is 0.337 e. The van der Waals surface area contributed by atoms with Crippen LogP contribution in [0.4, 0.5) is 5.69 Å². The van der Waals surface area contributed by atoms with Crippen LogP contribution in [0.3, 0.4) is 0 Å². The van der Waals surface area contributed by atoms with E-state index in [-0.39, 0.29) is 18.9 Å². The van der Waals surface area contributed by atoms with E-state index >= 15 is 0 Å². The Morgan fingerprint density at radius 1 is 1.37 bits per heavy atom. The van der Waals surface area contributed by atoms with Gasteiger partial charge in [-0.15, -0.1) is 0 Å². The Balaban J connectivity index is 2.97. The summed E-state index contributed by atoms with van der Waals surface area (Å²) in [4.78, 5) is 22.9. The number of ether oxygens (including phenoxy) is 2. The molecule has 0 aliphatic heterocycles. The number of anilines is 1. The van der Waals surface area contributed by atoms with Crippen LogP contribution in [0.2, 0.25) is 0 Å². The van der Waals surface area contributed by atoms with Crippen molar-refractivity contribution in [3.63, 3.8) is 0 Å². The fourth-order valence-corrected chi connectivity index (χ4v) is 1.49. The molecule has 0 aliphatic rings. The maximum absolute atomic E-state index is 11.5. The Morgan fingerprint density at radius 3 is 2.68 bits per heavy atom. The van der Waals surface area contributed by atoms with Gasteiger partial charge in [0.1, 0.15) is 5.75 Å². The van der Waals surface area contributed by atoms with E-state index in [1.54, 1.807) is 12.1 Å². The van der Waals surface area contributed by atoms with Gasteiger partial charge in [-0.1, -0.05) is 0 Å². The average Bonchev–Trinajstić information content (AvgIpc) is 2.40. The van der Waals surface area contributed by atoms with E-state index in [9.17, 15) is 9.59 Å².